The van der Waals surface area contributed by atoms with Crippen molar-refractivity contribution >= 4 is 16.9 Å². The molecule has 7 nitrogen and oxygen atoms in total. The Morgan fingerprint density at radius 3 is 2.65 bits per heavy atom. The summed E-state index contributed by atoms with van der Waals surface area (Å²) in [4.78, 5) is 33.3. The quantitative estimate of drug-likeness (QED) is 0.796. The number of rotatable bonds is 5. The molecule has 0 aromatic carbocycles. The van der Waals surface area contributed by atoms with E-state index in [1.807, 2.05) is 25.8 Å². The normalized spacial score (nSPS) is 21.2. The maximum absolute atomic E-state index is 13.0. The topological polar surface area (TPSA) is 74.2 Å². The van der Waals surface area contributed by atoms with Gasteiger partial charge in [-0.2, -0.15) is 5.10 Å². The van der Waals surface area contributed by atoms with Crippen LogP contribution in [0.1, 0.15) is 55.8 Å². The number of piperidine rings is 2. The van der Waals surface area contributed by atoms with Gasteiger partial charge in [0, 0.05) is 44.1 Å². The molecular formula is C24H37N5O2. The molecule has 0 spiro atoms. The Morgan fingerprint density at radius 2 is 1.90 bits per heavy atom. The zero-order valence-corrected chi connectivity index (χ0v) is 19.5. The van der Waals surface area contributed by atoms with Gasteiger partial charge in [-0.3, -0.25) is 14.3 Å². The van der Waals surface area contributed by atoms with Crippen molar-refractivity contribution in [2.24, 2.45) is 18.9 Å². The number of nitrogens with zero attached hydrogens (tertiary/aromatic N) is 4. The zero-order chi connectivity index (χ0) is 22.1. The molecule has 1 N–H and O–H groups in total. The van der Waals surface area contributed by atoms with Crippen LogP contribution in [0.15, 0.2) is 4.79 Å². The fourth-order valence-corrected chi connectivity index (χ4v) is 5.50. The highest BCUT2D eigenvalue weighted by molar-refractivity contribution is 5.83. The first-order valence-corrected chi connectivity index (χ1v) is 11.9. The second kappa shape index (κ2) is 9.15. The molecule has 0 unspecified atom stereocenters. The molecule has 0 bridgehead atoms. The monoisotopic (exact) mass is 427 g/mol. The van der Waals surface area contributed by atoms with Crippen molar-refractivity contribution in [2.45, 2.75) is 59.3 Å². The minimum atomic E-state index is -0.100. The average molecular weight is 428 g/mol. The summed E-state index contributed by atoms with van der Waals surface area (Å²) in [6.45, 7) is 11.5. The molecule has 2 aromatic heterocycles. The van der Waals surface area contributed by atoms with Crippen LogP contribution in [0.4, 0.5) is 0 Å². The number of carbonyl (C=O) groups excluding carboxylic acids is 1. The van der Waals surface area contributed by atoms with Crippen molar-refractivity contribution in [1.82, 2.24) is 24.6 Å². The lowest BCUT2D eigenvalue weighted by atomic mass is 9.94. The number of carbonyl (C=O) groups is 1. The van der Waals surface area contributed by atoms with Crippen LogP contribution in [-0.4, -0.2) is 63.2 Å². The molecule has 31 heavy (non-hydrogen) atoms. The predicted octanol–water partition coefficient (Wildman–Crippen LogP) is 2.78. The van der Waals surface area contributed by atoms with E-state index in [-0.39, 0.29) is 11.5 Å². The van der Waals surface area contributed by atoms with Crippen LogP contribution < -0.4 is 5.56 Å². The van der Waals surface area contributed by atoms with Gasteiger partial charge >= 0.3 is 0 Å². The largest absolute Gasteiger partial charge is 0.342 e. The summed E-state index contributed by atoms with van der Waals surface area (Å²) in [6, 6.07) is 0. The summed E-state index contributed by atoms with van der Waals surface area (Å²) in [5.41, 5.74) is 3.23. The molecule has 2 aliphatic heterocycles. The Labute approximate surface area is 184 Å². The third-order valence-electron chi connectivity index (χ3n) is 7.41. The first kappa shape index (κ1) is 22.1. The van der Waals surface area contributed by atoms with Crippen molar-refractivity contribution in [3.63, 3.8) is 0 Å². The lowest BCUT2D eigenvalue weighted by Gasteiger charge is -2.38. The van der Waals surface area contributed by atoms with Gasteiger partial charge in [-0.05, 0) is 76.4 Å². The number of likely N-dealkylation sites (tertiary alicyclic amines) is 2. The molecule has 2 aliphatic rings. The third kappa shape index (κ3) is 4.71. The van der Waals surface area contributed by atoms with Gasteiger partial charge < -0.3 is 14.8 Å². The van der Waals surface area contributed by atoms with E-state index >= 15 is 0 Å². The highest BCUT2D eigenvalue weighted by atomic mass is 16.2. The summed E-state index contributed by atoms with van der Waals surface area (Å²) in [5.74, 6) is 1.60. The van der Waals surface area contributed by atoms with Crippen LogP contribution in [0.2, 0.25) is 0 Å². The highest BCUT2D eigenvalue weighted by Gasteiger charge is 2.27. The number of aromatic nitrogens is 3. The van der Waals surface area contributed by atoms with Crippen molar-refractivity contribution in [1.29, 1.82) is 0 Å². The van der Waals surface area contributed by atoms with Crippen LogP contribution in [0.25, 0.3) is 11.0 Å². The third-order valence-corrected chi connectivity index (χ3v) is 7.41. The number of H-pyrrole nitrogens is 1. The van der Waals surface area contributed by atoms with E-state index in [0.29, 0.717) is 24.3 Å². The number of hydrogen-bond acceptors (Lipinski definition) is 4. The smallest absolute Gasteiger partial charge is 0.253 e. The SMILES string of the molecule is Cc1nn(C)c2[nH]c(=O)c(CCC(=O)N3CCC[C@H](CN4CCC(C)CC4)C3)c(C)c12. The Morgan fingerprint density at radius 1 is 1.16 bits per heavy atom. The first-order valence-electron chi connectivity index (χ1n) is 11.9. The molecule has 0 saturated carbocycles. The minimum absolute atomic E-state index is 0.100. The van der Waals surface area contributed by atoms with E-state index in [0.717, 1.165) is 54.3 Å². The molecular weight excluding hydrogens is 390 g/mol. The van der Waals surface area contributed by atoms with Gasteiger partial charge in [0.1, 0.15) is 5.65 Å². The van der Waals surface area contributed by atoms with Gasteiger partial charge in [-0.15, -0.1) is 0 Å². The van der Waals surface area contributed by atoms with Crippen LogP contribution in [-0.2, 0) is 18.3 Å². The molecule has 2 fully saturated rings. The molecule has 2 aromatic rings. The Bertz CT molecular complexity index is 1000. The summed E-state index contributed by atoms with van der Waals surface area (Å²) in [5, 5.41) is 5.43. The predicted molar refractivity (Wildman–Crippen MR) is 123 cm³/mol. The molecule has 4 rings (SSSR count). The lowest BCUT2D eigenvalue weighted by Crippen LogP contribution is -2.45. The molecule has 1 amide bonds. The van der Waals surface area contributed by atoms with Crippen LogP contribution >= 0.6 is 0 Å². The number of nitrogens with one attached hydrogen (secondary N) is 1. The number of fused-ring (bicyclic) bond motifs is 1. The number of pyridine rings is 1. The van der Waals surface area contributed by atoms with Crippen LogP contribution in [0.5, 0.6) is 0 Å². The van der Waals surface area contributed by atoms with Crippen LogP contribution in [0.3, 0.4) is 0 Å². The van der Waals surface area contributed by atoms with E-state index in [1.54, 1.807) is 4.68 Å². The van der Waals surface area contributed by atoms with E-state index in [2.05, 4.69) is 21.9 Å². The van der Waals surface area contributed by atoms with E-state index in [1.165, 1.54) is 32.4 Å². The Kier molecular flexibility index (Phi) is 6.51. The molecule has 2 saturated heterocycles. The average Bonchev–Trinajstić information content (AvgIpc) is 3.02. The second-order valence-corrected chi connectivity index (χ2v) is 9.82. The van der Waals surface area contributed by atoms with Gasteiger partial charge in [0.25, 0.3) is 5.56 Å². The minimum Gasteiger partial charge on any atom is -0.342 e. The summed E-state index contributed by atoms with van der Waals surface area (Å²) >= 11 is 0. The Hall–Kier alpha value is -2.15. The lowest BCUT2D eigenvalue weighted by molar-refractivity contribution is -0.133. The second-order valence-electron chi connectivity index (χ2n) is 9.82. The first-order chi connectivity index (χ1) is 14.8. The van der Waals surface area contributed by atoms with Crippen molar-refractivity contribution in [2.75, 3.05) is 32.7 Å². The maximum Gasteiger partial charge on any atom is 0.253 e. The molecule has 7 heteroatoms. The van der Waals surface area contributed by atoms with Crippen molar-refractivity contribution in [3.8, 4) is 0 Å². The summed E-state index contributed by atoms with van der Waals surface area (Å²) < 4.78 is 1.71. The molecule has 1 atom stereocenters. The fourth-order valence-electron chi connectivity index (χ4n) is 5.50. The van der Waals surface area contributed by atoms with E-state index in [9.17, 15) is 9.59 Å². The van der Waals surface area contributed by atoms with Crippen molar-refractivity contribution < 1.29 is 4.79 Å². The number of aromatic amines is 1. The molecule has 0 aliphatic carbocycles. The molecule has 4 heterocycles. The number of aryl methyl sites for hydroxylation is 3. The standard InChI is InChI=1S/C24H37N5O2/c1-16-9-12-28(13-10-16)14-19-6-5-11-29(15-19)21(30)8-7-20-17(2)22-18(3)26-27(4)23(22)25-24(20)31/h16,19H,5-15H2,1-4H3,(H,25,31)/t19-/m1/s1. The molecule has 170 valence electrons. The van der Waals surface area contributed by atoms with E-state index < -0.39 is 0 Å². The van der Waals surface area contributed by atoms with Gasteiger partial charge in [0.05, 0.1) is 5.69 Å². The molecule has 0 radical (unpaired) electrons. The van der Waals surface area contributed by atoms with E-state index in [4.69, 9.17) is 0 Å². The van der Waals surface area contributed by atoms with Crippen LogP contribution in [0, 0.1) is 25.7 Å². The summed E-state index contributed by atoms with van der Waals surface area (Å²) in [7, 11) is 1.84. The summed E-state index contributed by atoms with van der Waals surface area (Å²) in [6.07, 6.45) is 5.76. The van der Waals surface area contributed by atoms with Gasteiger partial charge in [-0.1, -0.05) is 6.92 Å². The van der Waals surface area contributed by atoms with Gasteiger partial charge in [0.15, 0.2) is 0 Å². The van der Waals surface area contributed by atoms with Crippen molar-refractivity contribution in [3.05, 3.63) is 27.2 Å². The Balaban J connectivity index is 1.37. The van der Waals surface area contributed by atoms with Gasteiger partial charge in [0.2, 0.25) is 5.91 Å². The highest BCUT2D eigenvalue weighted by Crippen LogP contribution is 2.24. The fraction of sp³-hybridized carbons (Fsp3) is 0.708. The zero-order valence-electron chi connectivity index (χ0n) is 19.5. The number of amides is 1. The maximum atomic E-state index is 13.0. The number of hydrogen-bond donors (Lipinski definition) is 1. The van der Waals surface area contributed by atoms with Gasteiger partial charge in [-0.25, -0.2) is 0 Å².